The van der Waals surface area contributed by atoms with Crippen LogP contribution in [0.1, 0.15) is 16.7 Å². The molecule has 7 nitrogen and oxygen atoms in total. The third kappa shape index (κ3) is 4.76. The Hall–Kier alpha value is -3.21. The molecule has 2 N–H and O–H groups in total. The minimum absolute atomic E-state index is 0.150. The summed E-state index contributed by atoms with van der Waals surface area (Å²) < 4.78 is 43.9. The zero-order valence-corrected chi connectivity index (χ0v) is 16.5. The monoisotopic (exact) mass is 433 g/mol. The van der Waals surface area contributed by atoms with E-state index >= 15 is 0 Å². The van der Waals surface area contributed by atoms with Gasteiger partial charge in [0.05, 0.1) is 5.56 Å². The van der Waals surface area contributed by atoms with Crippen molar-refractivity contribution in [3.8, 4) is 11.5 Å². The number of nitrogens with zero attached hydrogens (tertiary/aromatic N) is 4. The third-order valence-corrected chi connectivity index (χ3v) is 4.94. The highest BCUT2D eigenvalue weighted by Gasteiger charge is 2.30. The Morgan fingerprint density at radius 2 is 1.71 bits per heavy atom. The molecule has 0 spiro atoms. The number of anilines is 1. The fourth-order valence-electron chi connectivity index (χ4n) is 3.36. The van der Waals surface area contributed by atoms with E-state index in [0.717, 1.165) is 36.7 Å². The SMILES string of the molecule is C[N+](O)(O)c1nccc(N2CCc3ccc(Oc4ccc(C(F)(F)F)cc4)cc3C2)n1. The molecule has 0 saturated carbocycles. The topological polar surface area (TPSA) is 78.7 Å². The van der Waals surface area contributed by atoms with Gasteiger partial charge in [0, 0.05) is 24.1 Å². The highest BCUT2D eigenvalue weighted by Crippen LogP contribution is 2.33. The Morgan fingerprint density at radius 3 is 2.39 bits per heavy atom. The van der Waals surface area contributed by atoms with Gasteiger partial charge in [-0.05, 0) is 60.0 Å². The molecule has 0 atom stereocenters. The Labute approximate surface area is 176 Å². The fraction of sp³-hybridized carbons (Fsp3) is 0.238. The minimum Gasteiger partial charge on any atom is -0.457 e. The van der Waals surface area contributed by atoms with Crippen molar-refractivity contribution in [2.75, 3.05) is 18.5 Å². The van der Waals surface area contributed by atoms with Crippen molar-refractivity contribution in [3.05, 3.63) is 71.4 Å². The van der Waals surface area contributed by atoms with Crippen molar-refractivity contribution < 1.29 is 28.3 Å². The zero-order chi connectivity index (χ0) is 22.2. The number of benzene rings is 2. The van der Waals surface area contributed by atoms with Gasteiger partial charge in [0.2, 0.25) is 0 Å². The van der Waals surface area contributed by atoms with Gasteiger partial charge in [-0.15, -0.1) is 0 Å². The lowest BCUT2D eigenvalue weighted by Crippen LogP contribution is -2.39. The highest BCUT2D eigenvalue weighted by atomic mass is 19.4. The summed E-state index contributed by atoms with van der Waals surface area (Å²) >= 11 is 0. The second kappa shape index (κ2) is 7.80. The predicted octanol–water partition coefficient (Wildman–Crippen LogP) is 4.57. The van der Waals surface area contributed by atoms with Crippen LogP contribution in [0.2, 0.25) is 0 Å². The van der Waals surface area contributed by atoms with Crippen LogP contribution in [0.5, 0.6) is 11.5 Å². The molecular weight excluding hydrogens is 413 g/mol. The predicted molar refractivity (Wildman–Crippen MR) is 106 cm³/mol. The van der Waals surface area contributed by atoms with Gasteiger partial charge >= 0.3 is 12.1 Å². The number of alkyl halides is 3. The Morgan fingerprint density at radius 1 is 1.00 bits per heavy atom. The van der Waals surface area contributed by atoms with Crippen LogP contribution in [0.3, 0.4) is 0 Å². The number of aromatic nitrogens is 2. The van der Waals surface area contributed by atoms with Crippen molar-refractivity contribution in [1.82, 2.24) is 14.8 Å². The normalized spacial score (nSPS) is 14.3. The molecule has 2 heterocycles. The third-order valence-electron chi connectivity index (χ3n) is 4.94. The molecule has 1 aliphatic rings. The average molecular weight is 433 g/mol. The number of rotatable bonds is 4. The van der Waals surface area contributed by atoms with Gasteiger partial charge < -0.3 is 9.64 Å². The van der Waals surface area contributed by atoms with E-state index in [2.05, 4.69) is 9.97 Å². The average Bonchev–Trinajstić information content (AvgIpc) is 2.72. The van der Waals surface area contributed by atoms with Gasteiger partial charge in [0.25, 0.3) is 0 Å². The van der Waals surface area contributed by atoms with Crippen LogP contribution in [-0.4, -0.2) is 34.0 Å². The van der Waals surface area contributed by atoms with E-state index in [1.807, 2.05) is 17.0 Å². The summed E-state index contributed by atoms with van der Waals surface area (Å²) in [5.74, 6) is 1.22. The van der Waals surface area contributed by atoms with Crippen molar-refractivity contribution in [2.24, 2.45) is 0 Å². The first-order chi connectivity index (χ1) is 14.6. The van der Waals surface area contributed by atoms with Gasteiger partial charge in [-0.25, -0.2) is 0 Å². The van der Waals surface area contributed by atoms with Gasteiger partial charge in [0.1, 0.15) is 24.4 Å². The molecule has 1 aromatic heterocycles. The summed E-state index contributed by atoms with van der Waals surface area (Å²) in [6, 6.07) is 11.8. The van der Waals surface area contributed by atoms with E-state index in [0.29, 0.717) is 30.4 Å². The minimum atomic E-state index is -4.39. The Balaban J connectivity index is 1.52. The van der Waals surface area contributed by atoms with Crippen LogP contribution in [0.25, 0.3) is 0 Å². The van der Waals surface area contributed by atoms with Crippen molar-refractivity contribution in [1.29, 1.82) is 0 Å². The standard InChI is InChI=1S/C21H20F3N4O3/c1-28(29,30)20-25-10-8-19(26-20)27-11-9-14-2-5-18(12-15(14)13-27)31-17-6-3-16(4-7-17)21(22,23)24/h2-8,10,12,29-30H,9,11,13H2,1H3/q+1. The lowest BCUT2D eigenvalue weighted by molar-refractivity contribution is -0.276. The van der Waals surface area contributed by atoms with Crippen molar-refractivity contribution in [3.63, 3.8) is 0 Å². The molecule has 0 saturated heterocycles. The van der Waals surface area contributed by atoms with Crippen molar-refractivity contribution in [2.45, 2.75) is 19.1 Å². The first-order valence-corrected chi connectivity index (χ1v) is 9.47. The maximum atomic E-state index is 12.7. The van der Waals surface area contributed by atoms with Crippen LogP contribution >= 0.6 is 0 Å². The fourth-order valence-corrected chi connectivity index (χ4v) is 3.36. The second-order valence-corrected chi connectivity index (χ2v) is 7.35. The molecule has 0 amide bonds. The summed E-state index contributed by atoms with van der Waals surface area (Å²) in [6.45, 7) is 1.19. The summed E-state index contributed by atoms with van der Waals surface area (Å²) in [6.07, 6.45) is -2.18. The van der Waals surface area contributed by atoms with E-state index in [9.17, 15) is 23.6 Å². The highest BCUT2D eigenvalue weighted by molar-refractivity contribution is 5.48. The summed E-state index contributed by atoms with van der Waals surface area (Å²) in [5, 5.41) is 19.4. The molecule has 0 bridgehead atoms. The molecule has 2 aromatic carbocycles. The van der Waals surface area contributed by atoms with Crippen LogP contribution in [0.4, 0.5) is 24.9 Å². The molecule has 0 fully saturated rings. The number of ether oxygens (including phenoxy) is 1. The molecule has 10 heteroatoms. The number of fused-ring (bicyclic) bond motifs is 1. The quantitative estimate of drug-likeness (QED) is 0.464. The van der Waals surface area contributed by atoms with Crippen molar-refractivity contribution >= 4 is 11.8 Å². The van der Waals surface area contributed by atoms with Gasteiger partial charge in [-0.2, -0.15) is 33.6 Å². The molecular formula is C21H20F3N4O3+. The number of hydrogen-bond acceptors (Lipinski definition) is 6. The van der Waals surface area contributed by atoms with Gasteiger partial charge in [-0.1, -0.05) is 6.07 Å². The lowest BCUT2D eigenvalue weighted by Gasteiger charge is -2.30. The maximum Gasteiger partial charge on any atom is 0.416 e. The van der Waals surface area contributed by atoms with E-state index in [1.165, 1.54) is 18.3 Å². The van der Waals surface area contributed by atoms with E-state index in [1.54, 1.807) is 12.1 Å². The largest absolute Gasteiger partial charge is 0.457 e. The maximum absolute atomic E-state index is 12.7. The number of hydrogen-bond donors (Lipinski definition) is 2. The lowest BCUT2D eigenvalue weighted by atomic mass is 9.99. The Kier molecular flexibility index (Phi) is 5.29. The summed E-state index contributed by atoms with van der Waals surface area (Å²) in [7, 11) is 1.13. The number of quaternary nitrogens is 1. The van der Waals surface area contributed by atoms with Gasteiger partial charge in [0.15, 0.2) is 0 Å². The summed E-state index contributed by atoms with van der Waals surface area (Å²) in [5.41, 5.74) is 1.39. The second-order valence-electron chi connectivity index (χ2n) is 7.35. The zero-order valence-electron chi connectivity index (χ0n) is 16.5. The first-order valence-electron chi connectivity index (χ1n) is 9.47. The Bertz CT molecular complexity index is 1080. The summed E-state index contributed by atoms with van der Waals surface area (Å²) in [4.78, 5) is 8.61. The molecule has 31 heavy (non-hydrogen) atoms. The van der Waals surface area contributed by atoms with E-state index in [4.69, 9.17) is 4.74 Å². The van der Waals surface area contributed by atoms with E-state index < -0.39 is 16.5 Å². The smallest absolute Gasteiger partial charge is 0.416 e. The van der Waals surface area contributed by atoms with Crippen LogP contribution in [0, 0.1) is 0 Å². The molecule has 0 aliphatic carbocycles. The van der Waals surface area contributed by atoms with Crippen LogP contribution in [-0.2, 0) is 19.1 Å². The molecule has 0 unspecified atom stereocenters. The van der Waals surface area contributed by atoms with Crippen LogP contribution in [0.15, 0.2) is 54.7 Å². The molecule has 4 rings (SSSR count). The van der Waals surface area contributed by atoms with Crippen LogP contribution < -0.4 is 14.4 Å². The number of halogens is 3. The number of hydroxylamine groups is 2. The van der Waals surface area contributed by atoms with E-state index in [-0.39, 0.29) is 5.95 Å². The molecule has 162 valence electrons. The van der Waals surface area contributed by atoms with Gasteiger partial charge in [-0.3, -0.25) is 0 Å². The molecule has 1 aliphatic heterocycles. The molecule has 0 radical (unpaired) electrons. The molecule has 3 aromatic rings. The first kappa shape index (κ1) is 21.0.